The standard InChI is InChI=1S/C14H18ClN5/c15-11-6-3-7-12(16)13(11)14-17-18-19-20(14)9-8-10-4-1-2-5-10/h3,6-7,10H,1-2,4-5,8-9,16H2. The van der Waals surface area contributed by atoms with E-state index >= 15 is 0 Å². The van der Waals surface area contributed by atoms with Gasteiger partial charge in [0.2, 0.25) is 0 Å². The van der Waals surface area contributed by atoms with Crippen molar-refractivity contribution in [3.63, 3.8) is 0 Å². The number of nitrogen functional groups attached to an aromatic ring is 1. The Hall–Kier alpha value is -1.62. The van der Waals surface area contributed by atoms with E-state index in [2.05, 4.69) is 15.5 Å². The molecule has 0 amide bonds. The average molecular weight is 292 g/mol. The molecule has 1 aromatic carbocycles. The first-order valence-electron chi connectivity index (χ1n) is 7.06. The molecule has 1 heterocycles. The first kappa shape index (κ1) is 13.4. The van der Waals surface area contributed by atoms with Crippen LogP contribution in [-0.2, 0) is 6.54 Å². The molecule has 0 atom stereocenters. The lowest BCUT2D eigenvalue weighted by atomic mass is 10.0. The van der Waals surface area contributed by atoms with E-state index in [-0.39, 0.29) is 0 Å². The van der Waals surface area contributed by atoms with Crippen molar-refractivity contribution in [1.82, 2.24) is 20.2 Å². The van der Waals surface area contributed by atoms with E-state index in [1.165, 1.54) is 25.7 Å². The molecule has 0 saturated heterocycles. The first-order valence-corrected chi connectivity index (χ1v) is 7.44. The minimum atomic E-state index is 0.585. The number of aromatic nitrogens is 4. The van der Waals surface area contributed by atoms with Gasteiger partial charge in [-0.3, -0.25) is 0 Å². The third-order valence-corrected chi connectivity index (χ3v) is 4.34. The zero-order valence-corrected chi connectivity index (χ0v) is 12.1. The lowest BCUT2D eigenvalue weighted by Crippen LogP contribution is -2.08. The van der Waals surface area contributed by atoms with Crippen LogP contribution < -0.4 is 5.73 Å². The summed E-state index contributed by atoms with van der Waals surface area (Å²) in [6.07, 6.45) is 6.47. The topological polar surface area (TPSA) is 69.6 Å². The van der Waals surface area contributed by atoms with Crippen LogP contribution in [0.25, 0.3) is 11.4 Å². The molecule has 1 saturated carbocycles. The van der Waals surface area contributed by atoms with Crippen LogP contribution >= 0.6 is 11.6 Å². The highest BCUT2D eigenvalue weighted by molar-refractivity contribution is 6.33. The summed E-state index contributed by atoms with van der Waals surface area (Å²) in [5, 5.41) is 12.5. The van der Waals surface area contributed by atoms with Crippen molar-refractivity contribution in [2.75, 3.05) is 5.73 Å². The Morgan fingerprint density at radius 1 is 1.30 bits per heavy atom. The maximum Gasteiger partial charge on any atom is 0.185 e. The summed E-state index contributed by atoms with van der Waals surface area (Å²) in [4.78, 5) is 0. The van der Waals surface area contributed by atoms with Crippen molar-refractivity contribution in [3.05, 3.63) is 23.2 Å². The molecular formula is C14H18ClN5. The van der Waals surface area contributed by atoms with Crippen LogP contribution in [0.1, 0.15) is 32.1 Å². The summed E-state index contributed by atoms with van der Waals surface area (Å²) in [5.41, 5.74) is 7.34. The van der Waals surface area contributed by atoms with E-state index in [1.807, 2.05) is 22.9 Å². The lowest BCUT2D eigenvalue weighted by Gasteiger charge is -2.11. The minimum Gasteiger partial charge on any atom is -0.398 e. The van der Waals surface area contributed by atoms with Crippen molar-refractivity contribution in [1.29, 1.82) is 0 Å². The molecule has 1 fully saturated rings. The van der Waals surface area contributed by atoms with Gasteiger partial charge in [-0.1, -0.05) is 43.4 Å². The average Bonchev–Trinajstić information content (AvgIpc) is 3.07. The molecule has 0 unspecified atom stereocenters. The summed E-state index contributed by atoms with van der Waals surface area (Å²) < 4.78 is 1.82. The second-order valence-electron chi connectivity index (χ2n) is 5.37. The zero-order chi connectivity index (χ0) is 13.9. The summed E-state index contributed by atoms with van der Waals surface area (Å²) >= 11 is 6.23. The Morgan fingerprint density at radius 3 is 2.85 bits per heavy atom. The Bertz CT molecular complexity index is 569. The van der Waals surface area contributed by atoms with Crippen LogP contribution in [0, 0.1) is 5.92 Å². The Kier molecular flexibility index (Phi) is 3.87. The number of anilines is 1. The van der Waals surface area contributed by atoms with E-state index in [0.717, 1.165) is 24.4 Å². The van der Waals surface area contributed by atoms with Gasteiger partial charge in [0.15, 0.2) is 5.82 Å². The molecule has 2 N–H and O–H groups in total. The second kappa shape index (κ2) is 5.79. The number of halogens is 1. The fourth-order valence-electron chi connectivity index (χ4n) is 2.91. The molecular weight excluding hydrogens is 274 g/mol. The molecule has 1 aliphatic rings. The number of aryl methyl sites for hydroxylation is 1. The van der Waals surface area contributed by atoms with Crippen LogP contribution in [0.4, 0.5) is 5.69 Å². The summed E-state index contributed by atoms with van der Waals surface area (Å²) in [5.74, 6) is 1.46. The van der Waals surface area contributed by atoms with Crippen molar-refractivity contribution in [3.8, 4) is 11.4 Å². The van der Waals surface area contributed by atoms with Gasteiger partial charge in [0.05, 0.1) is 10.6 Å². The van der Waals surface area contributed by atoms with Gasteiger partial charge in [0.1, 0.15) is 0 Å². The third-order valence-electron chi connectivity index (χ3n) is 4.03. The highest BCUT2D eigenvalue weighted by atomic mass is 35.5. The second-order valence-corrected chi connectivity index (χ2v) is 5.78. The van der Waals surface area contributed by atoms with Gasteiger partial charge in [-0.25, -0.2) is 4.68 Å². The number of benzene rings is 1. The van der Waals surface area contributed by atoms with Gasteiger partial charge in [-0.2, -0.15) is 0 Å². The van der Waals surface area contributed by atoms with E-state index < -0.39 is 0 Å². The van der Waals surface area contributed by atoms with Crippen molar-refractivity contribution in [2.45, 2.75) is 38.6 Å². The largest absolute Gasteiger partial charge is 0.398 e. The number of rotatable bonds is 4. The van der Waals surface area contributed by atoms with Gasteiger partial charge in [-0.15, -0.1) is 5.10 Å². The van der Waals surface area contributed by atoms with Gasteiger partial charge < -0.3 is 5.73 Å². The van der Waals surface area contributed by atoms with Crippen molar-refractivity contribution >= 4 is 17.3 Å². The van der Waals surface area contributed by atoms with Crippen LogP contribution in [-0.4, -0.2) is 20.2 Å². The van der Waals surface area contributed by atoms with E-state index in [9.17, 15) is 0 Å². The number of nitrogens with zero attached hydrogens (tertiary/aromatic N) is 4. The molecule has 2 aromatic rings. The molecule has 106 valence electrons. The van der Waals surface area contributed by atoms with Crippen LogP contribution in [0.3, 0.4) is 0 Å². The van der Waals surface area contributed by atoms with Gasteiger partial charge >= 0.3 is 0 Å². The molecule has 0 spiro atoms. The molecule has 0 bridgehead atoms. The number of hydrogen-bond donors (Lipinski definition) is 1. The first-order chi connectivity index (χ1) is 9.75. The summed E-state index contributed by atoms with van der Waals surface area (Å²) in [6, 6.07) is 5.45. The highest BCUT2D eigenvalue weighted by Crippen LogP contribution is 2.32. The van der Waals surface area contributed by atoms with Gasteiger partial charge in [-0.05, 0) is 34.9 Å². The summed E-state index contributed by atoms with van der Waals surface area (Å²) in [7, 11) is 0. The maximum absolute atomic E-state index is 6.23. The fraction of sp³-hybridized carbons (Fsp3) is 0.500. The summed E-state index contributed by atoms with van der Waals surface area (Å²) in [6.45, 7) is 0.817. The molecule has 6 heteroatoms. The molecule has 0 radical (unpaired) electrons. The van der Waals surface area contributed by atoms with E-state index in [4.69, 9.17) is 17.3 Å². The molecule has 0 aliphatic heterocycles. The van der Waals surface area contributed by atoms with Crippen LogP contribution in [0.5, 0.6) is 0 Å². The van der Waals surface area contributed by atoms with E-state index in [1.54, 1.807) is 0 Å². The van der Waals surface area contributed by atoms with Crippen molar-refractivity contribution in [2.24, 2.45) is 5.92 Å². The van der Waals surface area contributed by atoms with Crippen LogP contribution in [0.15, 0.2) is 18.2 Å². The lowest BCUT2D eigenvalue weighted by molar-refractivity contribution is 0.436. The third kappa shape index (κ3) is 2.63. The predicted octanol–water partition coefficient (Wildman–Crippen LogP) is 3.16. The Morgan fingerprint density at radius 2 is 2.10 bits per heavy atom. The Labute approximate surface area is 123 Å². The zero-order valence-electron chi connectivity index (χ0n) is 11.3. The highest BCUT2D eigenvalue weighted by Gasteiger charge is 2.18. The Balaban J connectivity index is 1.82. The van der Waals surface area contributed by atoms with Gasteiger partial charge in [0, 0.05) is 12.2 Å². The quantitative estimate of drug-likeness (QED) is 0.879. The molecule has 1 aromatic heterocycles. The monoisotopic (exact) mass is 291 g/mol. The van der Waals surface area contributed by atoms with Gasteiger partial charge in [0.25, 0.3) is 0 Å². The number of hydrogen-bond acceptors (Lipinski definition) is 4. The molecule has 3 rings (SSSR count). The maximum atomic E-state index is 6.23. The normalized spacial score (nSPS) is 15.8. The molecule has 1 aliphatic carbocycles. The van der Waals surface area contributed by atoms with Crippen LogP contribution in [0.2, 0.25) is 5.02 Å². The SMILES string of the molecule is Nc1cccc(Cl)c1-c1nnnn1CCC1CCCC1. The minimum absolute atomic E-state index is 0.585. The molecule has 5 nitrogen and oxygen atoms in total. The van der Waals surface area contributed by atoms with Crippen molar-refractivity contribution < 1.29 is 0 Å². The molecule has 20 heavy (non-hydrogen) atoms. The predicted molar refractivity (Wildman–Crippen MR) is 79.3 cm³/mol. The fourth-order valence-corrected chi connectivity index (χ4v) is 3.18. The number of nitrogens with two attached hydrogens (primary N) is 1. The van der Waals surface area contributed by atoms with E-state index in [0.29, 0.717) is 16.5 Å². The number of tetrazole rings is 1. The smallest absolute Gasteiger partial charge is 0.185 e.